The number of halogens is 1. The summed E-state index contributed by atoms with van der Waals surface area (Å²) in [7, 11) is 38.6. The number of hydrogen-bond acceptors (Lipinski definition) is 5. The molecule has 0 aliphatic rings. The summed E-state index contributed by atoms with van der Waals surface area (Å²) in [4.78, 5) is 0.634. The van der Waals surface area contributed by atoms with E-state index in [-0.39, 0.29) is 75.8 Å². The predicted molar refractivity (Wildman–Crippen MR) is 261 cm³/mol. The van der Waals surface area contributed by atoms with E-state index in [1.54, 1.807) is 25.4 Å². The maximum atomic E-state index is 12.5. The van der Waals surface area contributed by atoms with E-state index < -0.39 is 9.73 Å². The zero-order valence-corrected chi connectivity index (χ0v) is 47.3. The second kappa shape index (κ2) is 24.0. The lowest BCUT2D eigenvalue weighted by molar-refractivity contribution is 0.678. The summed E-state index contributed by atoms with van der Waals surface area (Å²) in [5.74, 6) is 0.248. The molecule has 16 unspecified atom stereocenters. The van der Waals surface area contributed by atoms with Gasteiger partial charge in [-0.2, -0.15) is 4.36 Å². The molecule has 6 nitrogen and oxygen atoms in total. The van der Waals surface area contributed by atoms with Crippen molar-refractivity contribution in [3.8, 4) is 0 Å². The van der Waals surface area contributed by atoms with Gasteiger partial charge in [-0.3, -0.25) is 0 Å². The number of benzene rings is 1. The van der Waals surface area contributed by atoms with Crippen LogP contribution in [-0.2, 0) is 16.8 Å². The summed E-state index contributed by atoms with van der Waals surface area (Å²) in [5, 5.41) is 10.8. The molecule has 0 radical (unpaired) electrons. The van der Waals surface area contributed by atoms with Crippen molar-refractivity contribution >= 4 is 217 Å². The van der Waals surface area contributed by atoms with Crippen LogP contribution in [0.4, 0.5) is 5.95 Å². The highest BCUT2D eigenvalue weighted by Gasteiger charge is 2.45. The van der Waals surface area contributed by atoms with Crippen LogP contribution in [0.25, 0.3) is 0 Å². The van der Waals surface area contributed by atoms with E-state index in [0.717, 1.165) is 12.4 Å². The van der Waals surface area contributed by atoms with Crippen LogP contribution in [0.2, 0.25) is 0 Å². The molecule has 0 aliphatic heterocycles. The Hall–Kier alpha value is 8.61. The lowest BCUT2D eigenvalue weighted by Gasteiger charge is -2.47. The molecule has 40 heavy (non-hydrogen) atoms. The first kappa shape index (κ1) is 46.6. The van der Waals surface area contributed by atoms with Crippen LogP contribution >= 0.6 is 201 Å². The Morgan fingerprint density at radius 3 is 1.68 bits per heavy atom. The summed E-state index contributed by atoms with van der Waals surface area (Å²) < 4.78 is 18.8. The highest BCUT2D eigenvalue weighted by atomic mass is 79.9. The van der Waals surface area contributed by atoms with Gasteiger partial charge in [-0.1, -0.05) is 35.1 Å². The molecule has 0 saturated heterocycles. The van der Waals surface area contributed by atoms with Crippen LogP contribution in [-0.4, -0.2) is 30.7 Å². The minimum absolute atomic E-state index is 0.00774. The third kappa shape index (κ3) is 16.1. The molecule has 16 atom stereocenters. The molecule has 2 rings (SSSR count). The molecule has 0 saturated carbocycles. The summed E-state index contributed by atoms with van der Waals surface area (Å²) in [6, 6.07) is 7.21. The van der Waals surface area contributed by atoms with Crippen LogP contribution in [0.1, 0.15) is 0 Å². The van der Waals surface area contributed by atoms with Gasteiger partial charge in [0, 0.05) is 22.7 Å². The fourth-order valence-corrected chi connectivity index (χ4v) is 286. The number of nitrogens with zero attached hydrogens (tertiary/aromatic N) is 5. The first-order valence-corrected chi connectivity index (χ1v) is 53.8. The number of aryl methyl sites for hydroxylation is 1. The molecule has 0 N–H and O–H groups in total. The van der Waals surface area contributed by atoms with Crippen LogP contribution in [0.15, 0.2) is 38.0 Å². The smallest absolute Gasteiger partial charge is 0.245 e. The molecule has 0 aliphatic carbocycles. The molecule has 1 aromatic carbocycles. The highest BCUT2D eigenvalue weighted by molar-refractivity contribution is 9.39. The number of tetrazole rings is 1. The molecule has 0 fully saturated rings. The van der Waals surface area contributed by atoms with Gasteiger partial charge in [0.25, 0.3) is 5.95 Å². The van der Waals surface area contributed by atoms with Crippen molar-refractivity contribution in [1.29, 1.82) is 0 Å². The van der Waals surface area contributed by atoms with E-state index >= 15 is 0 Å². The predicted octanol–water partition coefficient (Wildman–Crippen LogP) is 14.9. The molecular formula is C9H35BrN5OP23S. The second-order valence-corrected chi connectivity index (χ2v) is 99.7. The SMILES string of the molecule is Cn1nnnc1N=S(C)(=O)c1cccc(Br)c1.PPP(P)P(P(P)P)P(P(P(P)P)P(P)P)P(P(P)P)P(P)P. The number of hydrogen-bond donors (Lipinski definition) is 0. The van der Waals surface area contributed by atoms with Crippen molar-refractivity contribution in [2.75, 3.05) is 6.26 Å². The minimum Gasteiger partial charge on any atom is -0.245 e. The Labute approximate surface area is 289 Å². The molecule has 1 heterocycles. The Balaban J connectivity index is 0.000000415. The van der Waals surface area contributed by atoms with Gasteiger partial charge in [-0.25, -0.2) is 8.89 Å². The van der Waals surface area contributed by atoms with Gasteiger partial charge in [-0.05, 0) is 98.5 Å². The Kier molecular flexibility index (Phi) is 28.0. The lowest BCUT2D eigenvalue weighted by Crippen LogP contribution is -1.99. The molecule has 230 valence electrons. The zero-order valence-electron chi connectivity index (χ0n) is 21.1. The van der Waals surface area contributed by atoms with Crippen molar-refractivity contribution in [2.45, 2.75) is 4.90 Å². The molecular weight excluding hydrogens is 1020 g/mol. The van der Waals surface area contributed by atoms with Crippen molar-refractivity contribution in [3.05, 3.63) is 28.7 Å². The van der Waals surface area contributed by atoms with Crippen molar-refractivity contribution in [2.24, 2.45) is 11.4 Å². The average Bonchev–Trinajstić information content (AvgIpc) is 3.21. The Morgan fingerprint density at radius 2 is 1.32 bits per heavy atom. The van der Waals surface area contributed by atoms with E-state index in [1.165, 1.54) is 4.68 Å². The van der Waals surface area contributed by atoms with Gasteiger partial charge in [0.05, 0.1) is 9.73 Å². The summed E-state index contributed by atoms with van der Waals surface area (Å²) in [5.41, 5.74) is 0. The molecule has 31 heteroatoms. The fraction of sp³-hybridized carbons (Fsp3) is 0.222. The largest absolute Gasteiger partial charge is 0.277 e. The maximum absolute atomic E-state index is 12.5. The number of aromatic nitrogens is 4. The van der Waals surface area contributed by atoms with Gasteiger partial charge in [0.1, 0.15) is 0 Å². The van der Waals surface area contributed by atoms with Gasteiger partial charge in [0.2, 0.25) is 0 Å². The number of rotatable bonds is 12. The first-order chi connectivity index (χ1) is 18.5. The second-order valence-electron chi connectivity index (χ2n) is 6.90. The molecule has 0 amide bonds. The zero-order chi connectivity index (χ0) is 30.9. The Morgan fingerprint density at radius 1 is 0.850 bits per heavy atom. The van der Waals surface area contributed by atoms with Gasteiger partial charge in [-0.15, -0.1) is 107 Å². The molecule has 0 spiro atoms. The molecule has 1 aromatic heterocycles. The van der Waals surface area contributed by atoms with E-state index in [0.29, 0.717) is 4.90 Å². The average molecular weight is 1050 g/mol. The van der Waals surface area contributed by atoms with Gasteiger partial charge >= 0.3 is 0 Å². The van der Waals surface area contributed by atoms with Gasteiger partial charge < -0.3 is 0 Å². The van der Waals surface area contributed by atoms with Crippen molar-refractivity contribution in [1.82, 2.24) is 20.2 Å². The topological polar surface area (TPSA) is 73.0 Å². The highest BCUT2D eigenvalue weighted by Crippen LogP contribution is 3.33. The molecule has 0 bridgehead atoms. The summed E-state index contributed by atoms with van der Waals surface area (Å²) in [6.07, 6.45) is 1.56. The van der Waals surface area contributed by atoms with Crippen LogP contribution in [0.5, 0.6) is 0 Å². The van der Waals surface area contributed by atoms with Crippen LogP contribution in [0.3, 0.4) is 0 Å². The fourth-order valence-electron chi connectivity index (χ4n) is 2.38. The third-order valence-corrected chi connectivity index (χ3v) is 153. The van der Waals surface area contributed by atoms with Gasteiger partial charge in [0.15, 0.2) is 0 Å². The van der Waals surface area contributed by atoms with E-state index in [4.69, 9.17) is 0 Å². The maximum Gasteiger partial charge on any atom is 0.277 e. The van der Waals surface area contributed by atoms with E-state index in [1.807, 2.05) is 12.1 Å². The normalized spacial score (nSPS) is 15.7. The van der Waals surface area contributed by atoms with Crippen LogP contribution in [0, 0.1) is 0 Å². The first-order valence-electron chi connectivity index (χ1n) is 9.84. The van der Waals surface area contributed by atoms with Crippen molar-refractivity contribution in [3.63, 3.8) is 0 Å². The monoisotopic (exact) mass is 1050 g/mol. The quantitative estimate of drug-likeness (QED) is 0.199. The van der Waals surface area contributed by atoms with E-state index in [2.05, 4.69) is 143 Å². The Bertz CT molecular complexity index is 1130. The minimum atomic E-state index is -2.55. The van der Waals surface area contributed by atoms with Crippen molar-refractivity contribution < 1.29 is 4.21 Å². The van der Waals surface area contributed by atoms with E-state index in [9.17, 15) is 4.21 Å². The molecule has 2 aromatic rings. The lowest BCUT2D eigenvalue weighted by atomic mass is 10.4. The van der Waals surface area contributed by atoms with Crippen LogP contribution < -0.4 is 0 Å². The third-order valence-electron chi connectivity index (χ3n) is 3.92. The standard InChI is InChI=1S/C9H10BrN5OS.H25P23/c1-15-9(11-13-14-15)12-17(2,16)8-5-3-4-7(10)6-8;1-13-19(12)22(18(10)11)23(20(14(2)3)15(4)5)21(16(6)7)17(8)9/h3-6H,1-2H3;13H,1-12H2. The summed E-state index contributed by atoms with van der Waals surface area (Å²) in [6.45, 7) is 0.655. The summed E-state index contributed by atoms with van der Waals surface area (Å²) >= 11 is 3.33.